The van der Waals surface area contributed by atoms with Crippen molar-refractivity contribution in [3.8, 4) is 11.5 Å². The number of carboxylic acids is 1. The van der Waals surface area contributed by atoms with E-state index in [2.05, 4.69) is 0 Å². The van der Waals surface area contributed by atoms with Gasteiger partial charge in [0, 0.05) is 4.88 Å². The molecule has 0 amide bonds. The summed E-state index contributed by atoms with van der Waals surface area (Å²) in [6, 6.07) is 6.97. The number of rotatable bonds is 7. The Bertz CT molecular complexity index is 708. The molecule has 122 valence electrons. The van der Waals surface area contributed by atoms with Gasteiger partial charge in [-0.3, -0.25) is 0 Å². The van der Waals surface area contributed by atoms with Crippen molar-refractivity contribution in [2.45, 2.75) is 13.3 Å². The van der Waals surface area contributed by atoms with E-state index in [9.17, 15) is 9.90 Å². The molecule has 0 spiro atoms. The van der Waals surface area contributed by atoms with E-state index in [1.807, 2.05) is 18.4 Å². The molecule has 0 aliphatic rings. The van der Waals surface area contributed by atoms with Crippen LogP contribution in [0.1, 0.15) is 23.8 Å². The summed E-state index contributed by atoms with van der Waals surface area (Å²) in [6.07, 6.45) is 2.43. The predicted octanol–water partition coefficient (Wildman–Crippen LogP) is 4.82. The molecule has 4 nitrogen and oxygen atoms in total. The highest BCUT2D eigenvalue weighted by Gasteiger charge is 2.15. The number of thiophene rings is 1. The molecule has 0 atom stereocenters. The zero-order valence-electron chi connectivity index (χ0n) is 12.8. The molecule has 1 N–H and O–H groups in total. The van der Waals surface area contributed by atoms with Gasteiger partial charge in [0.25, 0.3) is 0 Å². The van der Waals surface area contributed by atoms with Crippen molar-refractivity contribution >= 4 is 40.6 Å². The first-order chi connectivity index (χ1) is 11.1. The topological polar surface area (TPSA) is 55.8 Å². The highest BCUT2D eigenvalue weighted by molar-refractivity contribution is 7.11. The van der Waals surface area contributed by atoms with Crippen LogP contribution < -0.4 is 9.47 Å². The van der Waals surface area contributed by atoms with Gasteiger partial charge in [0.2, 0.25) is 0 Å². The number of hydrogen-bond donors (Lipinski definition) is 1. The standard InChI is InChI=1S/C17H17ClO4S/c1-3-6-22-16-13(18)9-11(10-14(16)21-2)8-12(17(19)20)15-5-4-7-23-15/h4-5,7-10H,3,6H2,1-2H3,(H,19,20)/b12-8-. The van der Waals surface area contributed by atoms with Crippen LogP contribution in [0.2, 0.25) is 5.02 Å². The number of benzene rings is 1. The van der Waals surface area contributed by atoms with Crippen molar-refractivity contribution in [3.63, 3.8) is 0 Å². The Kier molecular flexibility index (Phi) is 6.07. The molecule has 1 aromatic heterocycles. The first-order valence-corrected chi connectivity index (χ1v) is 8.31. The van der Waals surface area contributed by atoms with Crippen LogP contribution in [0, 0.1) is 0 Å². The number of aliphatic carboxylic acids is 1. The van der Waals surface area contributed by atoms with Crippen LogP contribution in [0.25, 0.3) is 11.6 Å². The molecule has 2 aromatic rings. The van der Waals surface area contributed by atoms with Crippen molar-refractivity contribution in [2.24, 2.45) is 0 Å². The zero-order valence-corrected chi connectivity index (χ0v) is 14.4. The molecule has 0 saturated heterocycles. The first-order valence-electron chi connectivity index (χ1n) is 7.06. The van der Waals surface area contributed by atoms with Gasteiger partial charge < -0.3 is 14.6 Å². The molecule has 0 fully saturated rings. The maximum absolute atomic E-state index is 11.5. The molecule has 23 heavy (non-hydrogen) atoms. The molecule has 0 unspecified atom stereocenters. The Morgan fingerprint density at radius 3 is 2.78 bits per heavy atom. The van der Waals surface area contributed by atoms with Gasteiger partial charge in [0.1, 0.15) is 0 Å². The summed E-state index contributed by atoms with van der Waals surface area (Å²) >= 11 is 7.63. The van der Waals surface area contributed by atoms with E-state index in [0.29, 0.717) is 33.6 Å². The van der Waals surface area contributed by atoms with Gasteiger partial charge in [-0.1, -0.05) is 24.6 Å². The van der Waals surface area contributed by atoms with Gasteiger partial charge in [0.15, 0.2) is 11.5 Å². The summed E-state index contributed by atoms with van der Waals surface area (Å²) in [6.45, 7) is 2.53. The molecule has 0 radical (unpaired) electrons. The number of carbonyl (C=O) groups is 1. The number of hydrogen-bond acceptors (Lipinski definition) is 4. The van der Waals surface area contributed by atoms with Crippen molar-refractivity contribution in [1.29, 1.82) is 0 Å². The molecule has 0 saturated carbocycles. The van der Waals surface area contributed by atoms with Crippen LogP contribution in [-0.4, -0.2) is 24.8 Å². The SMILES string of the molecule is CCCOc1c(Cl)cc(/C=C(\C(=O)O)c2cccs2)cc1OC. The number of carboxylic acid groups (broad SMARTS) is 1. The molecule has 0 aliphatic carbocycles. The fraction of sp³-hybridized carbons (Fsp3) is 0.235. The smallest absolute Gasteiger partial charge is 0.337 e. The third-order valence-electron chi connectivity index (χ3n) is 3.03. The van der Waals surface area contributed by atoms with E-state index in [4.69, 9.17) is 21.1 Å². The van der Waals surface area contributed by atoms with E-state index >= 15 is 0 Å². The van der Waals surface area contributed by atoms with Gasteiger partial charge >= 0.3 is 5.97 Å². The van der Waals surface area contributed by atoms with Gasteiger partial charge in [-0.15, -0.1) is 11.3 Å². The average molecular weight is 353 g/mol. The van der Waals surface area contributed by atoms with E-state index in [0.717, 1.165) is 6.42 Å². The Morgan fingerprint density at radius 2 is 2.22 bits per heavy atom. The lowest BCUT2D eigenvalue weighted by atomic mass is 10.1. The highest BCUT2D eigenvalue weighted by Crippen LogP contribution is 2.37. The number of ether oxygens (including phenoxy) is 2. The van der Waals surface area contributed by atoms with Crippen molar-refractivity contribution in [2.75, 3.05) is 13.7 Å². The van der Waals surface area contributed by atoms with Crippen LogP contribution in [0.5, 0.6) is 11.5 Å². The lowest BCUT2D eigenvalue weighted by molar-refractivity contribution is -0.130. The quantitative estimate of drug-likeness (QED) is 0.725. The largest absolute Gasteiger partial charge is 0.493 e. The number of methoxy groups -OCH3 is 1. The fourth-order valence-corrected chi connectivity index (χ4v) is 3.01. The third-order valence-corrected chi connectivity index (χ3v) is 4.21. The van der Waals surface area contributed by atoms with E-state index < -0.39 is 5.97 Å². The van der Waals surface area contributed by atoms with Gasteiger partial charge in [-0.05, 0) is 41.6 Å². The van der Waals surface area contributed by atoms with Gasteiger partial charge in [-0.2, -0.15) is 0 Å². The Morgan fingerprint density at radius 1 is 1.43 bits per heavy atom. The zero-order chi connectivity index (χ0) is 16.8. The predicted molar refractivity (Wildman–Crippen MR) is 93.6 cm³/mol. The molecule has 2 rings (SSSR count). The van der Waals surface area contributed by atoms with Crippen LogP contribution >= 0.6 is 22.9 Å². The van der Waals surface area contributed by atoms with Gasteiger partial charge in [-0.25, -0.2) is 4.79 Å². The molecular weight excluding hydrogens is 336 g/mol. The van der Waals surface area contributed by atoms with Crippen LogP contribution in [-0.2, 0) is 4.79 Å². The molecule has 1 heterocycles. The van der Waals surface area contributed by atoms with Crippen molar-refractivity contribution < 1.29 is 19.4 Å². The Labute approximate surface area is 143 Å². The van der Waals surface area contributed by atoms with Crippen molar-refractivity contribution in [1.82, 2.24) is 0 Å². The second-order valence-corrected chi connectivity index (χ2v) is 6.08. The maximum atomic E-state index is 11.5. The molecule has 0 aliphatic heterocycles. The van der Waals surface area contributed by atoms with E-state index in [-0.39, 0.29) is 5.57 Å². The van der Waals surface area contributed by atoms with Crippen LogP contribution in [0.15, 0.2) is 29.6 Å². The Balaban J connectivity index is 2.45. The molecular formula is C17H17ClO4S. The summed E-state index contributed by atoms with van der Waals surface area (Å²) in [5.74, 6) is -0.0388. The van der Waals surface area contributed by atoms with Crippen LogP contribution in [0.4, 0.5) is 0 Å². The normalized spacial score (nSPS) is 11.3. The Hall–Kier alpha value is -1.98. The van der Waals surface area contributed by atoms with Crippen molar-refractivity contribution in [3.05, 3.63) is 45.1 Å². The fourth-order valence-electron chi connectivity index (χ4n) is 2.00. The highest BCUT2D eigenvalue weighted by atomic mass is 35.5. The minimum Gasteiger partial charge on any atom is -0.493 e. The second-order valence-electron chi connectivity index (χ2n) is 4.72. The van der Waals surface area contributed by atoms with E-state index in [1.165, 1.54) is 18.4 Å². The monoisotopic (exact) mass is 352 g/mol. The van der Waals surface area contributed by atoms with Gasteiger partial charge in [0.05, 0.1) is 24.3 Å². The minimum absolute atomic E-state index is 0.209. The summed E-state index contributed by atoms with van der Waals surface area (Å²) in [4.78, 5) is 12.2. The minimum atomic E-state index is -0.992. The molecule has 6 heteroatoms. The summed E-state index contributed by atoms with van der Waals surface area (Å²) in [5, 5.41) is 11.6. The molecule has 1 aromatic carbocycles. The van der Waals surface area contributed by atoms with Crippen LogP contribution in [0.3, 0.4) is 0 Å². The second kappa shape index (κ2) is 8.04. The maximum Gasteiger partial charge on any atom is 0.337 e. The lowest BCUT2D eigenvalue weighted by Gasteiger charge is -2.13. The number of halogens is 1. The summed E-state index contributed by atoms with van der Waals surface area (Å²) < 4.78 is 10.9. The third kappa shape index (κ3) is 4.27. The lowest BCUT2D eigenvalue weighted by Crippen LogP contribution is -2.00. The molecule has 0 bridgehead atoms. The summed E-state index contributed by atoms with van der Waals surface area (Å²) in [7, 11) is 1.52. The first kappa shape index (κ1) is 17.4. The average Bonchev–Trinajstić information content (AvgIpc) is 3.04. The summed E-state index contributed by atoms with van der Waals surface area (Å²) in [5.41, 5.74) is 0.849. The van der Waals surface area contributed by atoms with E-state index in [1.54, 1.807) is 24.3 Å².